The van der Waals surface area contributed by atoms with Gasteiger partial charge in [0.2, 0.25) is 11.0 Å². The highest BCUT2D eigenvalue weighted by Crippen LogP contribution is 2.32. The fourth-order valence-corrected chi connectivity index (χ4v) is 4.72. The summed E-state index contributed by atoms with van der Waals surface area (Å²) in [6.45, 7) is 3.55. The minimum absolute atomic E-state index is 0.146. The Kier molecular flexibility index (Phi) is 5.60. The normalized spacial score (nSPS) is 11.0. The summed E-state index contributed by atoms with van der Waals surface area (Å²) in [7, 11) is 1.61. The van der Waals surface area contributed by atoms with Gasteiger partial charge >= 0.3 is 0 Å². The molecular formula is C20H19N5O3S2. The Balaban J connectivity index is 1.68. The Hall–Kier alpha value is -3.11. The molecule has 0 aliphatic heterocycles. The molecular weight excluding hydrogens is 422 g/mol. The van der Waals surface area contributed by atoms with Gasteiger partial charge in [0.25, 0.3) is 5.56 Å². The first kappa shape index (κ1) is 20.2. The van der Waals surface area contributed by atoms with Crippen LogP contribution in [0.1, 0.15) is 17.8 Å². The third kappa shape index (κ3) is 3.83. The van der Waals surface area contributed by atoms with Crippen molar-refractivity contribution in [1.29, 1.82) is 0 Å². The zero-order valence-corrected chi connectivity index (χ0v) is 18.3. The number of hydrogen-bond donors (Lipinski definition) is 1. The number of nitrogens with zero attached hydrogens (tertiary/aromatic N) is 4. The van der Waals surface area contributed by atoms with Crippen molar-refractivity contribution in [2.24, 2.45) is 0 Å². The minimum Gasteiger partial charge on any atom is -0.497 e. The molecule has 0 fully saturated rings. The number of methoxy groups -OCH3 is 1. The zero-order valence-electron chi connectivity index (χ0n) is 16.6. The number of thiophene rings is 1. The molecule has 4 rings (SSSR count). The first-order valence-corrected chi connectivity index (χ1v) is 10.9. The van der Waals surface area contributed by atoms with Gasteiger partial charge < -0.3 is 4.74 Å². The molecule has 10 heteroatoms. The summed E-state index contributed by atoms with van der Waals surface area (Å²) in [5.74, 6) is 0.878. The molecule has 1 N–H and O–H groups in total. The maximum atomic E-state index is 13.3. The molecule has 0 aliphatic rings. The highest BCUT2D eigenvalue weighted by Gasteiger charge is 2.18. The second-order valence-corrected chi connectivity index (χ2v) is 8.43. The summed E-state index contributed by atoms with van der Waals surface area (Å²) in [6.07, 6.45) is 0.749. The third-order valence-electron chi connectivity index (χ3n) is 4.60. The number of aryl methyl sites for hydroxylation is 2. The van der Waals surface area contributed by atoms with Crippen molar-refractivity contribution in [3.63, 3.8) is 0 Å². The van der Waals surface area contributed by atoms with Crippen LogP contribution in [0.5, 0.6) is 5.75 Å². The van der Waals surface area contributed by atoms with Crippen LogP contribution in [0.4, 0.5) is 5.13 Å². The van der Waals surface area contributed by atoms with E-state index in [2.05, 4.69) is 20.5 Å². The van der Waals surface area contributed by atoms with Crippen molar-refractivity contribution in [1.82, 2.24) is 19.7 Å². The Bertz CT molecular complexity index is 1270. The fraction of sp³-hybridized carbons (Fsp3) is 0.250. The average Bonchev–Trinajstić information content (AvgIpc) is 3.38. The number of fused-ring (bicyclic) bond motifs is 1. The molecule has 154 valence electrons. The van der Waals surface area contributed by atoms with E-state index in [1.807, 2.05) is 36.6 Å². The number of rotatable bonds is 6. The summed E-state index contributed by atoms with van der Waals surface area (Å²) in [4.78, 5) is 31.0. The lowest BCUT2D eigenvalue weighted by Crippen LogP contribution is -2.30. The van der Waals surface area contributed by atoms with Crippen LogP contribution >= 0.6 is 22.7 Å². The van der Waals surface area contributed by atoms with Crippen molar-refractivity contribution in [2.75, 3.05) is 12.4 Å². The van der Waals surface area contributed by atoms with Crippen LogP contribution in [-0.4, -0.2) is 32.8 Å². The van der Waals surface area contributed by atoms with Crippen LogP contribution in [0.3, 0.4) is 0 Å². The van der Waals surface area contributed by atoms with Gasteiger partial charge in [-0.25, -0.2) is 4.98 Å². The molecule has 0 atom stereocenters. The summed E-state index contributed by atoms with van der Waals surface area (Å²) < 4.78 is 6.59. The molecule has 0 saturated carbocycles. The molecule has 0 aliphatic carbocycles. The molecule has 0 saturated heterocycles. The highest BCUT2D eigenvalue weighted by molar-refractivity contribution is 7.17. The molecule has 8 nitrogen and oxygen atoms in total. The number of carbonyl (C=O) groups excluding carboxylic acids is 1. The SMILES string of the molecule is CCc1nnc(NC(=O)Cn2c(C)nc3scc(-c4ccc(OC)cc4)c3c2=O)s1. The van der Waals surface area contributed by atoms with E-state index >= 15 is 0 Å². The van der Waals surface area contributed by atoms with Crippen molar-refractivity contribution in [2.45, 2.75) is 26.8 Å². The lowest BCUT2D eigenvalue weighted by atomic mass is 10.1. The predicted molar refractivity (Wildman–Crippen MR) is 119 cm³/mol. The van der Waals surface area contributed by atoms with Gasteiger partial charge in [-0.05, 0) is 31.0 Å². The van der Waals surface area contributed by atoms with Gasteiger partial charge in [0, 0.05) is 10.9 Å². The van der Waals surface area contributed by atoms with Crippen LogP contribution in [-0.2, 0) is 17.8 Å². The van der Waals surface area contributed by atoms with E-state index in [-0.39, 0.29) is 18.0 Å². The molecule has 3 aromatic heterocycles. The van der Waals surface area contributed by atoms with E-state index in [4.69, 9.17) is 4.74 Å². The predicted octanol–water partition coefficient (Wildman–Crippen LogP) is 3.49. The van der Waals surface area contributed by atoms with Crippen LogP contribution in [0.2, 0.25) is 0 Å². The topological polar surface area (TPSA) is 99.0 Å². The second kappa shape index (κ2) is 8.33. The minimum atomic E-state index is -0.346. The molecule has 0 unspecified atom stereocenters. The van der Waals surface area contributed by atoms with Crippen LogP contribution < -0.4 is 15.6 Å². The van der Waals surface area contributed by atoms with Gasteiger partial charge in [0.05, 0.1) is 12.5 Å². The Morgan fingerprint density at radius 2 is 2.00 bits per heavy atom. The number of anilines is 1. The van der Waals surface area contributed by atoms with Gasteiger partial charge in [-0.1, -0.05) is 30.4 Å². The third-order valence-corrected chi connectivity index (χ3v) is 6.46. The summed E-state index contributed by atoms with van der Waals surface area (Å²) >= 11 is 2.73. The van der Waals surface area contributed by atoms with E-state index in [1.165, 1.54) is 27.2 Å². The van der Waals surface area contributed by atoms with E-state index in [9.17, 15) is 9.59 Å². The fourth-order valence-electron chi connectivity index (χ4n) is 3.04. The van der Waals surface area contributed by atoms with Gasteiger partial charge in [-0.2, -0.15) is 0 Å². The number of aromatic nitrogens is 4. The number of hydrogen-bond acceptors (Lipinski definition) is 8. The van der Waals surface area contributed by atoms with E-state index in [0.717, 1.165) is 28.3 Å². The summed E-state index contributed by atoms with van der Waals surface area (Å²) in [5.41, 5.74) is 1.44. The number of carbonyl (C=O) groups is 1. The number of nitrogens with one attached hydrogen (secondary N) is 1. The van der Waals surface area contributed by atoms with Crippen LogP contribution in [0, 0.1) is 6.92 Å². The zero-order chi connectivity index (χ0) is 21.3. The van der Waals surface area contributed by atoms with Crippen LogP contribution in [0.25, 0.3) is 21.3 Å². The molecule has 1 aromatic carbocycles. The van der Waals surface area contributed by atoms with E-state index in [1.54, 1.807) is 14.0 Å². The smallest absolute Gasteiger partial charge is 0.263 e. The molecule has 4 aromatic rings. The summed E-state index contributed by atoms with van der Waals surface area (Å²) in [5, 5.41) is 14.3. The van der Waals surface area contributed by atoms with E-state index in [0.29, 0.717) is 21.2 Å². The quantitative estimate of drug-likeness (QED) is 0.492. The number of ether oxygens (including phenoxy) is 1. The lowest BCUT2D eigenvalue weighted by molar-refractivity contribution is -0.116. The molecule has 0 radical (unpaired) electrons. The van der Waals surface area contributed by atoms with Crippen molar-refractivity contribution in [3.8, 4) is 16.9 Å². The van der Waals surface area contributed by atoms with Crippen molar-refractivity contribution in [3.05, 3.63) is 50.8 Å². The maximum Gasteiger partial charge on any atom is 0.263 e. The maximum absolute atomic E-state index is 13.3. The van der Waals surface area contributed by atoms with Crippen molar-refractivity contribution >= 4 is 43.9 Å². The van der Waals surface area contributed by atoms with Gasteiger partial charge in [-0.3, -0.25) is 19.5 Å². The first-order chi connectivity index (χ1) is 14.5. The average molecular weight is 442 g/mol. The Labute approximate surface area is 180 Å². The molecule has 3 heterocycles. The Morgan fingerprint density at radius 1 is 1.23 bits per heavy atom. The molecule has 0 spiro atoms. The lowest BCUT2D eigenvalue weighted by Gasteiger charge is -2.10. The Morgan fingerprint density at radius 3 is 2.67 bits per heavy atom. The largest absolute Gasteiger partial charge is 0.497 e. The van der Waals surface area contributed by atoms with E-state index < -0.39 is 0 Å². The highest BCUT2D eigenvalue weighted by atomic mass is 32.1. The van der Waals surface area contributed by atoms with Crippen molar-refractivity contribution < 1.29 is 9.53 Å². The monoisotopic (exact) mass is 441 g/mol. The van der Waals surface area contributed by atoms with Gasteiger partial charge in [0.15, 0.2) is 0 Å². The number of benzene rings is 1. The van der Waals surface area contributed by atoms with Crippen LogP contribution in [0.15, 0.2) is 34.4 Å². The summed E-state index contributed by atoms with van der Waals surface area (Å²) in [6, 6.07) is 7.49. The number of amides is 1. The molecule has 1 amide bonds. The first-order valence-electron chi connectivity index (χ1n) is 9.25. The standard InChI is InChI=1S/C20H19N5O3S2/c1-4-16-23-24-20(30-16)22-15(26)9-25-11(2)21-18-17(19(25)27)14(10-29-18)12-5-7-13(28-3)8-6-12/h5-8,10H,4,9H2,1-3H3,(H,22,24,26). The second-order valence-electron chi connectivity index (χ2n) is 6.51. The van der Waals surface area contributed by atoms with Gasteiger partial charge in [0.1, 0.15) is 28.0 Å². The molecule has 0 bridgehead atoms. The molecule has 30 heavy (non-hydrogen) atoms. The van der Waals surface area contributed by atoms with Gasteiger partial charge in [-0.15, -0.1) is 21.5 Å².